The van der Waals surface area contributed by atoms with E-state index in [2.05, 4.69) is 60.5 Å². The third-order valence-corrected chi connectivity index (χ3v) is 5.60. The van der Waals surface area contributed by atoms with Gasteiger partial charge in [0.05, 0.1) is 0 Å². The Kier molecular flexibility index (Phi) is 5.43. The molecule has 3 nitrogen and oxygen atoms in total. The molecule has 0 spiro atoms. The Bertz CT molecular complexity index is 884. The number of para-hydroxylation sites is 1. The maximum absolute atomic E-state index is 13.3. The van der Waals surface area contributed by atoms with Crippen molar-refractivity contribution in [1.82, 2.24) is 4.90 Å². The van der Waals surface area contributed by atoms with Crippen molar-refractivity contribution >= 4 is 11.6 Å². The fourth-order valence-electron chi connectivity index (χ4n) is 4.01. The van der Waals surface area contributed by atoms with Gasteiger partial charge in [-0.2, -0.15) is 0 Å². The Morgan fingerprint density at radius 1 is 0.821 bits per heavy atom. The van der Waals surface area contributed by atoms with Gasteiger partial charge < -0.3 is 9.80 Å². The predicted octanol–water partition coefficient (Wildman–Crippen LogP) is 4.69. The highest BCUT2D eigenvalue weighted by atomic mass is 16.2. The summed E-state index contributed by atoms with van der Waals surface area (Å²) < 4.78 is 0. The molecule has 0 atom stereocenters. The molecular formula is C25H26N2O. The van der Waals surface area contributed by atoms with Gasteiger partial charge in [-0.15, -0.1) is 0 Å². The van der Waals surface area contributed by atoms with Crippen LogP contribution in [0.3, 0.4) is 0 Å². The lowest BCUT2D eigenvalue weighted by molar-refractivity contribution is -0.131. The Morgan fingerprint density at radius 2 is 1.39 bits per heavy atom. The summed E-state index contributed by atoms with van der Waals surface area (Å²) in [5, 5.41) is 0. The van der Waals surface area contributed by atoms with Gasteiger partial charge in [0.1, 0.15) is 0 Å². The van der Waals surface area contributed by atoms with Crippen LogP contribution in [0.25, 0.3) is 0 Å². The van der Waals surface area contributed by atoms with E-state index >= 15 is 0 Å². The largest absolute Gasteiger partial charge is 0.373 e. The van der Waals surface area contributed by atoms with Gasteiger partial charge >= 0.3 is 0 Å². The highest BCUT2D eigenvalue weighted by molar-refractivity contribution is 5.78. The zero-order chi connectivity index (χ0) is 19.3. The number of fused-ring (bicyclic) bond motifs is 1. The molecular weight excluding hydrogens is 344 g/mol. The van der Waals surface area contributed by atoms with Crippen molar-refractivity contribution in [2.75, 3.05) is 25.0 Å². The van der Waals surface area contributed by atoms with Crippen LogP contribution < -0.4 is 4.90 Å². The van der Waals surface area contributed by atoms with Gasteiger partial charge in [0.25, 0.3) is 0 Å². The van der Waals surface area contributed by atoms with Gasteiger partial charge in [-0.05, 0) is 22.8 Å². The number of benzene rings is 3. The van der Waals surface area contributed by atoms with E-state index in [-0.39, 0.29) is 11.8 Å². The zero-order valence-corrected chi connectivity index (χ0v) is 16.3. The lowest BCUT2D eigenvalue weighted by Gasteiger charge is -2.25. The van der Waals surface area contributed by atoms with E-state index in [1.54, 1.807) is 0 Å². The highest BCUT2D eigenvalue weighted by Gasteiger charge is 2.25. The van der Waals surface area contributed by atoms with Crippen LogP contribution in [0.4, 0.5) is 5.69 Å². The first-order chi connectivity index (χ1) is 13.7. The molecule has 0 N–H and O–H groups in total. The van der Waals surface area contributed by atoms with Crippen molar-refractivity contribution in [2.24, 2.45) is 0 Å². The molecule has 0 saturated carbocycles. The Morgan fingerprint density at radius 3 is 2.04 bits per heavy atom. The summed E-state index contributed by atoms with van der Waals surface area (Å²) in [5.41, 5.74) is 4.82. The molecule has 0 radical (unpaired) electrons. The molecule has 142 valence electrons. The van der Waals surface area contributed by atoms with Crippen LogP contribution in [0.5, 0.6) is 0 Å². The van der Waals surface area contributed by atoms with Gasteiger partial charge in [-0.25, -0.2) is 0 Å². The van der Waals surface area contributed by atoms with Crippen molar-refractivity contribution < 1.29 is 4.79 Å². The Labute approximate surface area is 167 Å². The van der Waals surface area contributed by atoms with Gasteiger partial charge in [0.2, 0.25) is 5.91 Å². The third kappa shape index (κ3) is 3.94. The number of hydrogen-bond acceptors (Lipinski definition) is 2. The predicted molar refractivity (Wildman–Crippen MR) is 114 cm³/mol. The monoisotopic (exact) mass is 370 g/mol. The van der Waals surface area contributed by atoms with E-state index < -0.39 is 0 Å². The molecule has 0 unspecified atom stereocenters. The molecule has 1 amide bonds. The SMILES string of the molecule is CN1CCN(C(=O)CC(c2ccccc2)c2ccccc2)Cc2ccccc21. The molecule has 28 heavy (non-hydrogen) atoms. The second-order valence-corrected chi connectivity index (χ2v) is 7.44. The first kappa shape index (κ1) is 18.3. The van der Waals surface area contributed by atoms with Crippen LogP contribution in [-0.2, 0) is 11.3 Å². The van der Waals surface area contributed by atoms with Crippen LogP contribution >= 0.6 is 0 Å². The number of anilines is 1. The minimum absolute atomic E-state index is 0.0751. The normalized spacial score (nSPS) is 13.9. The lowest BCUT2D eigenvalue weighted by Crippen LogP contribution is -2.35. The van der Waals surface area contributed by atoms with Crippen LogP contribution in [0.1, 0.15) is 29.0 Å². The van der Waals surface area contributed by atoms with Crippen molar-refractivity contribution in [2.45, 2.75) is 18.9 Å². The minimum Gasteiger partial charge on any atom is -0.373 e. The molecule has 0 saturated heterocycles. The molecule has 0 aromatic heterocycles. The number of nitrogens with zero attached hydrogens (tertiary/aromatic N) is 2. The molecule has 0 bridgehead atoms. The standard InChI is InChI=1S/C25H26N2O/c1-26-16-17-27(19-22-14-8-9-15-24(22)26)25(28)18-23(20-10-4-2-5-11-20)21-12-6-3-7-13-21/h2-15,23H,16-19H2,1H3. The second-order valence-electron chi connectivity index (χ2n) is 7.44. The van der Waals surface area contributed by atoms with E-state index in [0.29, 0.717) is 13.0 Å². The van der Waals surface area contributed by atoms with Crippen molar-refractivity contribution in [3.05, 3.63) is 102 Å². The summed E-state index contributed by atoms with van der Waals surface area (Å²) in [5.74, 6) is 0.286. The quantitative estimate of drug-likeness (QED) is 0.665. The number of hydrogen-bond donors (Lipinski definition) is 0. The van der Waals surface area contributed by atoms with E-state index in [0.717, 1.165) is 13.1 Å². The number of rotatable bonds is 4. The van der Waals surface area contributed by atoms with E-state index in [9.17, 15) is 4.79 Å². The molecule has 3 aromatic carbocycles. The summed E-state index contributed by atoms with van der Waals surface area (Å²) >= 11 is 0. The molecule has 1 aliphatic rings. The first-order valence-electron chi connectivity index (χ1n) is 9.89. The first-order valence-corrected chi connectivity index (χ1v) is 9.89. The topological polar surface area (TPSA) is 23.6 Å². The van der Waals surface area contributed by atoms with Gasteiger partial charge in [-0.3, -0.25) is 4.79 Å². The highest BCUT2D eigenvalue weighted by Crippen LogP contribution is 2.30. The van der Waals surface area contributed by atoms with E-state index in [1.165, 1.54) is 22.4 Å². The number of carbonyl (C=O) groups excluding carboxylic acids is 1. The fourth-order valence-corrected chi connectivity index (χ4v) is 4.01. The molecule has 0 fully saturated rings. The zero-order valence-electron chi connectivity index (χ0n) is 16.3. The van der Waals surface area contributed by atoms with Crippen molar-refractivity contribution in [1.29, 1.82) is 0 Å². The molecule has 1 heterocycles. The fraction of sp³-hybridized carbons (Fsp3) is 0.240. The molecule has 0 aliphatic carbocycles. The van der Waals surface area contributed by atoms with Gasteiger partial charge in [0, 0.05) is 44.7 Å². The molecule has 1 aliphatic heterocycles. The van der Waals surface area contributed by atoms with Crippen LogP contribution in [-0.4, -0.2) is 30.9 Å². The van der Waals surface area contributed by atoms with Crippen LogP contribution in [0.2, 0.25) is 0 Å². The minimum atomic E-state index is 0.0751. The van der Waals surface area contributed by atoms with Crippen molar-refractivity contribution in [3.63, 3.8) is 0 Å². The summed E-state index contributed by atoms with van der Waals surface area (Å²) in [7, 11) is 2.10. The summed E-state index contributed by atoms with van der Waals surface area (Å²) in [6.07, 6.45) is 0.486. The average Bonchev–Trinajstić information content (AvgIpc) is 2.92. The molecule has 4 rings (SSSR count). The lowest BCUT2D eigenvalue weighted by atomic mass is 9.88. The number of carbonyl (C=O) groups is 1. The second kappa shape index (κ2) is 8.30. The molecule has 3 aromatic rings. The maximum Gasteiger partial charge on any atom is 0.223 e. The maximum atomic E-state index is 13.3. The van der Waals surface area contributed by atoms with Gasteiger partial charge in [0.15, 0.2) is 0 Å². The summed E-state index contributed by atoms with van der Waals surface area (Å²) in [6.45, 7) is 2.28. The summed E-state index contributed by atoms with van der Waals surface area (Å²) in [6, 6.07) is 29.1. The molecule has 3 heteroatoms. The third-order valence-electron chi connectivity index (χ3n) is 5.60. The van der Waals surface area contributed by atoms with Gasteiger partial charge in [-0.1, -0.05) is 78.9 Å². The van der Waals surface area contributed by atoms with Crippen molar-refractivity contribution in [3.8, 4) is 0 Å². The van der Waals surface area contributed by atoms with E-state index in [1.807, 2.05) is 41.3 Å². The smallest absolute Gasteiger partial charge is 0.223 e. The number of amides is 1. The summed E-state index contributed by atoms with van der Waals surface area (Å²) in [4.78, 5) is 17.6. The number of likely N-dealkylation sites (N-methyl/N-ethyl adjacent to an activating group) is 1. The Hall–Kier alpha value is -3.07. The van der Waals surface area contributed by atoms with Crippen LogP contribution in [0.15, 0.2) is 84.9 Å². The van der Waals surface area contributed by atoms with Crippen LogP contribution in [0, 0.1) is 0 Å². The van der Waals surface area contributed by atoms with E-state index in [4.69, 9.17) is 0 Å². The average molecular weight is 370 g/mol. The Balaban J connectivity index is 1.58.